The molecule has 1 aliphatic heterocycles. The Morgan fingerprint density at radius 3 is 3.08 bits per heavy atom. The van der Waals surface area contributed by atoms with Gasteiger partial charge in [0.05, 0.1) is 12.2 Å². The lowest BCUT2D eigenvalue weighted by molar-refractivity contribution is 0.0952. The first-order valence-electron chi connectivity index (χ1n) is 7.71. The number of ether oxygens (including phenoxy) is 1. The van der Waals surface area contributed by atoms with Gasteiger partial charge in [0.1, 0.15) is 17.4 Å². The number of thiazole rings is 1. The van der Waals surface area contributed by atoms with Crippen LogP contribution >= 0.6 is 11.3 Å². The van der Waals surface area contributed by atoms with Gasteiger partial charge in [-0.3, -0.25) is 14.0 Å². The van der Waals surface area contributed by atoms with Crippen molar-refractivity contribution >= 4 is 27.9 Å². The second-order valence-corrected chi connectivity index (χ2v) is 6.44. The number of nitrogens with zero attached hydrogens (tertiary/aromatic N) is 3. The zero-order valence-corrected chi connectivity index (χ0v) is 13.8. The van der Waals surface area contributed by atoms with Crippen molar-refractivity contribution in [3.8, 4) is 5.75 Å². The first-order chi connectivity index (χ1) is 11.7. The van der Waals surface area contributed by atoms with Gasteiger partial charge < -0.3 is 9.64 Å². The van der Waals surface area contributed by atoms with Crippen molar-refractivity contribution in [2.75, 3.05) is 11.4 Å². The topological polar surface area (TPSA) is 63.9 Å². The smallest absolute Gasteiger partial charge is 0.271 e. The first kappa shape index (κ1) is 14.9. The predicted molar refractivity (Wildman–Crippen MR) is 92.2 cm³/mol. The molecule has 122 valence electrons. The van der Waals surface area contributed by atoms with Crippen LogP contribution in [-0.4, -0.2) is 27.9 Å². The molecular weight excluding hydrogens is 326 g/mol. The summed E-state index contributed by atoms with van der Waals surface area (Å²) >= 11 is 1.36. The number of fused-ring (bicyclic) bond motifs is 2. The summed E-state index contributed by atoms with van der Waals surface area (Å²) in [6.45, 7) is 2.42. The Bertz CT molecular complexity index is 978. The molecule has 1 aromatic carbocycles. The van der Waals surface area contributed by atoms with Gasteiger partial charge in [-0.25, -0.2) is 4.98 Å². The van der Waals surface area contributed by atoms with E-state index in [1.165, 1.54) is 21.9 Å². The van der Waals surface area contributed by atoms with Gasteiger partial charge in [-0.15, -0.1) is 11.3 Å². The van der Waals surface area contributed by atoms with Gasteiger partial charge in [0.2, 0.25) is 0 Å². The number of rotatable bonds is 2. The van der Waals surface area contributed by atoms with Crippen LogP contribution in [0.1, 0.15) is 23.7 Å². The Kier molecular flexibility index (Phi) is 3.57. The molecule has 7 heteroatoms. The second-order valence-electron chi connectivity index (χ2n) is 5.56. The third kappa shape index (κ3) is 2.28. The monoisotopic (exact) mass is 341 g/mol. The minimum absolute atomic E-state index is 0.0671. The van der Waals surface area contributed by atoms with Gasteiger partial charge >= 0.3 is 0 Å². The number of aromatic nitrogens is 2. The number of carbonyl (C=O) groups is 1. The zero-order chi connectivity index (χ0) is 16.7. The number of anilines is 1. The van der Waals surface area contributed by atoms with Crippen LogP contribution in [0.3, 0.4) is 0 Å². The maximum Gasteiger partial charge on any atom is 0.271 e. The Morgan fingerprint density at radius 1 is 1.42 bits per heavy atom. The highest BCUT2D eigenvalue weighted by atomic mass is 32.1. The molecule has 0 aliphatic carbocycles. The molecule has 1 unspecified atom stereocenters. The van der Waals surface area contributed by atoms with Crippen molar-refractivity contribution in [1.29, 1.82) is 0 Å². The third-order valence-electron chi connectivity index (χ3n) is 4.11. The van der Waals surface area contributed by atoms with Gasteiger partial charge in [0.25, 0.3) is 11.5 Å². The van der Waals surface area contributed by atoms with E-state index >= 15 is 0 Å². The number of para-hydroxylation sites is 2. The molecular formula is C17H15N3O3S. The Balaban J connectivity index is 1.80. The number of hydrogen-bond donors (Lipinski definition) is 0. The molecule has 0 fully saturated rings. The molecule has 0 bridgehead atoms. The van der Waals surface area contributed by atoms with Gasteiger partial charge in [-0.2, -0.15) is 0 Å². The lowest BCUT2D eigenvalue weighted by atomic mass is 10.1. The summed E-state index contributed by atoms with van der Waals surface area (Å²) in [5, 5.41) is 1.77. The summed E-state index contributed by atoms with van der Waals surface area (Å²) in [6, 6.07) is 7.38. The number of carbonyl (C=O) groups excluding carboxylic acids is 1. The molecule has 0 spiro atoms. The lowest BCUT2D eigenvalue weighted by Gasteiger charge is -2.34. The molecule has 24 heavy (non-hydrogen) atoms. The fourth-order valence-electron chi connectivity index (χ4n) is 2.82. The van der Waals surface area contributed by atoms with Gasteiger partial charge in [-0.1, -0.05) is 19.1 Å². The minimum Gasteiger partial charge on any atom is -0.486 e. The average molecular weight is 341 g/mol. The molecule has 6 nitrogen and oxygen atoms in total. The van der Waals surface area contributed by atoms with Crippen molar-refractivity contribution in [3.63, 3.8) is 0 Å². The quantitative estimate of drug-likeness (QED) is 0.719. The molecule has 1 amide bonds. The minimum atomic E-state index is -0.345. The summed E-state index contributed by atoms with van der Waals surface area (Å²) in [5.74, 6) is 0.316. The number of amides is 1. The van der Waals surface area contributed by atoms with Crippen molar-refractivity contribution in [2.45, 2.75) is 19.4 Å². The van der Waals surface area contributed by atoms with E-state index in [9.17, 15) is 9.59 Å². The molecule has 0 saturated carbocycles. The number of hydrogen-bond acceptors (Lipinski definition) is 5. The predicted octanol–water partition coefficient (Wildman–Crippen LogP) is 2.57. The molecule has 0 radical (unpaired) electrons. The van der Waals surface area contributed by atoms with Crippen molar-refractivity contribution in [2.24, 2.45) is 0 Å². The summed E-state index contributed by atoms with van der Waals surface area (Å²) in [6.07, 6.45) is 3.69. The van der Waals surface area contributed by atoms with E-state index < -0.39 is 0 Å². The van der Waals surface area contributed by atoms with E-state index in [4.69, 9.17) is 4.74 Å². The lowest BCUT2D eigenvalue weighted by Crippen LogP contribution is -2.45. The normalized spacial score (nSPS) is 16.7. The van der Waals surface area contributed by atoms with E-state index in [0.717, 1.165) is 6.42 Å². The van der Waals surface area contributed by atoms with E-state index in [-0.39, 0.29) is 23.1 Å². The highest BCUT2D eigenvalue weighted by Gasteiger charge is 2.31. The SMILES string of the molecule is CCC1CN(C(=O)c2cnc3sccn3c2=O)c2ccccc2O1. The highest BCUT2D eigenvalue weighted by Crippen LogP contribution is 2.34. The zero-order valence-electron chi connectivity index (χ0n) is 13.0. The van der Waals surface area contributed by atoms with Crippen LogP contribution in [0.5, 0.6) is 5.75 Å². The van der Waals surface area contributed by atoms with Crippen LogP contribution in [0.4, 0.5) is 5.69 Å². The van der Waals surface area contributed by atoms with Crippen molar-refractivity contribution in [3.05, 3.63) is 58.0 Å². The maximum absolute atomic E-state index is 13.0. The summed E-state index contributed by atoms with van der Waals surface area (Å²) in [4.78, 5) is 32.0. The second kappa shape index (κ2) is 5.76. The number of benzene rings is 1. The van der Waals surface area contributed by atoms with Crippen LogP contribution in [0.2, 0.25) is 0 Å². The van der Waals surface area contributed by atoms with E-state index in [2.05, 4.69) is 4.98 Å². The standard InChI is InChI=1S/C17H15N3O3S/c1-2-11-10-20(13-5-3-4-6-14(13)23-11)16(22)12-9-18-17-19(15(12)21)7-8-24-17/h3-9,11H,2,10H2,1H3. The summed E-state index contributed by atoms with van der Waals surface area (Å²) in [7, 11) is 0. The largest absolute Gasteiger partial charge is 0.486 e. The third-order valence-corrected chi connectivity index (χ3v) is 4.88. The summed E-state index contributed by atoms with van der Waals surface area (Å²) in [5.41, 5.74) is 0.405. The van der Waals surface area contributed by atoms with Crippen LogP contribution in [-0.2, 0) is 0 Å². The molecule has 0 N–H and O–H groups in total. The van der Waals surface area contributed by atoms with Gasteiger partial charge in [-0.05, 0) is 18.6 Å². The molecule has 3 heterocycles. The van der Waals surface area contributed by atoms with Crippen LogP contribution < -0.4 is 15.2 Å². The van der Waals surface area contributed by atoms with Gasteiger partial charge in [0.15, 0.2) is 4.96 Å². The molecule has 3 aromatic rings. The molecule has 0 saturated heterocycles. The van der Waals surface area contributed by atoms with Crippen LogP contribution in [0, 0.1) is 0 Å². The highest BCUT2D eigenvalue weighted by molar-refractivity contribution is 7.15. The Hall–Kier alpha value is -2.67. The Morgan fingerprint density at radius 2 is 2.25 bits per heavy atom. The van der Waals surface area contributed by atoms with Crippen LogP contribution in [0.25, 0.3) is 4.96 Å². The van der Waals surface area contributed by atoms with Crippen molar-refractivity contribution < 1.29 is 9.53 Å². The van der Waals surface area contributed by atoms with E-state index in [0.29, 0.717) is 22.9 Å². The summed E-state index contributed by atoms with van der Waals surface area (Å²) < 4.78 is 7.30. The molecule has 1 aliphatic rings. The van der Waals surface area contributed by atoms with E-state index in [1.807, 2.05) is 31.2 Å². The van der Waals surface area contributed by atoms with Gasteiger partial charge in [0, 0.05) is 17.8 Å². The molecule has 2 aromatic heterocycles. The fourth-order valence-corrected chi connectivity index (χ4v) is 3.50. The van der Waals surface area contributed by atoms with E-state index in [1.54, 1.807) is 16.5 Å². The average Bonchev–Trinajstić information content (AvgIpc) is 3.10. The first-order valence-corrected chi connectivity index (χ1v) is 8.59. The molecule has 4 rings (SSSR count). The van der Waals surface area contributed by atoms with Crippen molar-refractivity contribution in [1.82, 2.24) is 9.38 Å². The Labute approximate surface area is 141 Å². The van der Waals surface area contributed by atoms with Crippen LogP contribution in [0.15, 0.2) is 46.8 Å². The fraction of sp³-hybridized carbons (Fsp3) is 0.235. The molecule has 1 atom stereocenters. The maximum atomic E-state index is 13.0.